The molecule has 1 aliphatic heterocycles. The van der Waals surface area contributed by atoms with Crippen LogP contribution < -0.4 is 10.6 Å². The zero-order valence-electron chi connectivity index (χ0n) is 19.3. The van der Waals surface area contributed by atoms with Crippen molar-refractivity contribution in [2.75, 3.05) is 18.4 Å². The molecule has 3 aromatic heterocycles. The molecular formula is C28H28N6. The van der Waals surface area contributed by atoms with Crippen LogP contribution in [0, 0.1) is 5.92 Å². The first kappa shape index (κ1) is 20.8. The molecule has 34 heavy (non-hydrogen) atoms. The Bertz CT molecular complexity index is 1440. The predicted molar refractivity (Wildman–Crippen MR) is 138 cm³/mol. The first-order valence-electron chi connectivity index (χ1n) is 11.9. The van der Waals surface area contributed by atoms with Crippen LogP contribution in [-0.2, 0) is 7.05 Å². The summed E-state index contributed by atoms with van der Waals surface area (Å²) < 4.78 is 2.16. The molecule has 1 saturated heterocycles. The standard InChI is InChI=1S/C28H28N6/c1-34-14-8-19-4-5-21(15-26(19)34)24-16-23(17-25-28(24)32-13-12-31-25)33-27(20-6-10-29-11-7-20)22-3-2-9-30-18-22/h2-5,8-9,12-18,20,27,29,33H,6-7,10-11H2,1H3. The lowest BCUT2D eigenvalue weighted by molar-refractivity contribution is 0.335. The fraction of sp³-hybridized carbons (Fsp3) is 0.250. The van der Waals surface area contributed by atoms with Gasteiger partial charge in [0.2, 0.25) is 0 Å². The van der Waals surface area contributed by atoms with E-state index in [2.05, 4.69) is 80.9 Å². The third-order valence-electron chi connectivity index (χ3n) is 6.99. The number of fused-ring (bicyclic) bond motifs is 2. The van der Waals surface area contributed by atoms with Crippen molar-refractivity contribution < 1.29 is 0 Å². The molecule has 1 atom stereocenters. The topological polar surface area (TPSA) is 67.7 Å². The van der Waals surface area contributed by atoms with Gasteiger partial charge in [-0.2, -0.15) is 0 Å². The number of rotatable bonds is 5. The number of nitrogens with zero attached hydrogens (tertiary/aromatic N) is 4. The number of aryl methyl sites for hydroxylation is 1. The highest BCUT2D eigenvalue weighted by molar-refractivity contribution is 5.97. The summed E-state index contributed by atoms with van der Waals surface area (Å²) in [5, 5.41) is 8.60. The number of benzene rings is 2. The molecule has 0 amide bonds. The third-order valence-corrected chi connectivity index (χ3v) is 6.99. The Balaban J connectivity index is 1.45. The summed E-state index contributed by atoms with van der Waals surface area (Å²) in [6.45, 7) is 2.10. The Hall–Kier alpha value is -3.77. The molecule has 0 saturated carbocycles. The predicted octanol–water partition coefficient (Wildman–Crippen LogP) is 5.34. The molecule has 0 aliphatic carbocycles. The van der Waals surface area contributed by atoms with Gasteiger partial charge in [-0.05, 0) is 78.7 Å². The van der Waals surface area contributed by atoms with Gasteiger partial charge in [-0.1, -0.05) is 18.2 Å². The number of anilines is 1. The van der Waals surface area contributed by atoms with Crippen molar-refractivity contribution in [3.63, 3.8) is 0 Å². The highest BCUT2D eigenvalue weighted by Crippen LogP contribution is 2.36. The highest BCUT2D eigenvalue weighted by Gasteiger charge is 2.25. The second-order valence-electron chi connectivity index (χ2n) is 9.14. The summed E-state index contributed by atoms with van der Waals surface area (Å²) in [7, 11) is 2.08. The lowest BCUT2D eigenvalue weighted by Crippen LogP contribution is -2.33. The van der Waals surface area contributed by atoms with Crippen molar-refractivity contribution in [2.45, 2.75) is 18.9 Å². The second kappa shape index (κ2) is 8.88. The molecule has 6 heteroatoms. The molecule has 4 heterocycles. The number of hydrogen-bond donors (Lipinski definition) is 2. The Morgan fingerprint density at radius 3 is 2.74 bits per heavy atom. The minimum absolute atomic E-state index is 0.188. The fourth-order valence-corrected chi connectivity index (χ4v) is 5.20. The van der Waals surface area contributed by atoms with Crippen LogP contribution >= 0.6 is 0 Å². The van der Waals surface area contributed by atoms with Gasteiger partial charge in [0.05, 0.1) is 17.1 Å². The van der Waals surface area contributed by atoms with E-state index in [0.717, 1.165) is 53.8 Å². The van der Waals surface area contributed by atoms with Crippen LogP contribution in [0.5, 0.6) is 0 Å². The molecule has 0 spiro atoms. The zero-order valence-corrected chi connectivity index (χ0v) is 19.3. The SMILES string of the molecule is Cn1ccc2ccc(-c3cc(NC(c4cccnc4)C4CCNCC4)cc4nccnc34)cc21. The summed E-state index contributed by atoms with van der Waals surface area (Å²) in [5.74, 6) is 0.533. The second-order valence-corrected chi connectivity index (χ2v) is 9.14. The van der Waals surface area contributed by atoms with Crippen molar-refractivity contribution in [3.05, 3.63) is 85.1 Å². The van der Waals surface area contributed by atoms with Crippen molar-refractivity contribution in [1.82, 2.24) is 24.8 Å². The lowest BCUT2D eigenvalue weighted by atomic mass is 9.86. The minimum atomic E-state index is 0.188. The van der Waals surface area contributed by atoms with Crippen molar-refractivity contribution in [2.24, 2.45) is 13.0 Å². The van der Waals surface area contributed by atoms with Gasteiger partial charge in [0.25, 0.3) is 0 Å². The first-order valence-corrected chi connectivity index (χ1v) is 11.9. The van der Waals surface area contributed by atoms with Crippen LogP contribution in [0.25, 0.3) is 33.1 Å². The van der Waals surface area contributed by atoms with E-state index in [-0.39, 0.29) is 6.04 Å². The normalized spacial score (nSPS) is 15.6. The quantitative estimate of drug-likeness (QED) is 0.380. The van der Waals surface area contributed by atoms with Crippen LogP contribution in [-0.4, -0.2) is 32.6 Å². The van der Waals surface area contributed by atoms with Gasteiger partial charge < -0.3 is 15.2 Å². The zero-order chi connectivity index (χ0) is 22.9. The van der Waals surface area contributed by atoms with Crippen molar-refractivity contribution in [1.29, 1.82) is 0 Å². The Morgan fingerprint density at radius 1 is 1.00 bits per heavy atom. The number of hydrogen-bond acceptors (Lipinski definition) is 5. The van der Waals surface area contributed by atoms with Gasteiger partial charge in [0, 0.05) is 54.8 Å². The maximum Gasteiger partial charge on any atom is 0.0966 e. The molecule has 170 valence electrons. The summed E-state index contributed by atoms with van der Waals surface area (Å²) in [4.78, 5) is 13.8. The molecule has 6 nitrogen and oxygen atoms in total. The summed E-state index contributed by atoms with van der Waals surface area (Å²) in [5.41, 5.74) is 7.53. The monoisotopic (exact) mass is 448 g/mol. The van der Waals surface area contributed by atoms with Gasteiger partial charge in [-0.25, -0.2) is 0 Å². The number of piperidine rings is 1. The van der Waals surface area contributed by atoms with Crippen LogP contribution in [0.3, 0.4) is 0 Å². The van der Waals surface area contributed by atoms with E-state index in [9.17, 15) is 0 Å². The van der Waals surface area contributed by atoms with Gasteiger partial charge >= 0.3 is 0 Å². The average Bonchev–Trinajstić information content (AvgIpc) is 3.27. The third kappa shape index (κ3) is 3.90. The van der Waals surface area contributed by atoms with Crippen molar-refractivity contribution in [3.8, 4) is 11.1 Å². The first-order chi connectivity index (χ1) is 16.8. The largest absolute Gasteiger partial charge is 0.378 e. The Labute approximate surface area is 199 Å². The number of aromatic nitrogens is 4. The molecule has 1 fully saturated rings. The van der Waals surface area contributed by atoms with Crippen LogP contribution in [0.1, 0.15) is 24.4 Å². The minimum Gasteiger partial charge on any atom is -0.378 e. The molecule has 6 rings (SSSR count). The van der Waals surface area contributed by atoms with E-state index in [4.69, 9.17) is 4.98 Å². The van der Waals surface area contributed by atoms with E-state index in [0.29, 0.717) is 5.92 Å². The number of pyridine rings is 1. The molecule has 2 N–H and O–H groups in total. The fourth-order valence-electron chi connectivity index (χ4n) is 5.20. The van der Waals surface area contributed by atoms with E-state index in [1.165, 1.54) is 16.5 Å². The van der Waals surface area contributed by atoms with E-state index < -0.39 is 0 Å². The Morgan fingerprint density at radius 2 is 1.88 bits per heavy atom. The Kier molecular flexibility index (Phi) is 5.43. The van der Waals surface area contributed by atoms with Crippen LogP contribution in [0.2, 0.25) is 0 Å². The van der Waals surface area contributed by atoms with Gasteiger partial charge in [-0.15, -0.1) is 0 Å². The molecule has 5 aromatic rings. The lowest BCUT2D eigenvalue weighted by Gasteiger charge is -2.32. The molecular weight excluding hydrogens is 420 g/mol. The van der Waals surface area contributed by atoms with Gasteiger partial charge in [-0.3, -0.25) is 15.0 Å². The van der Waals surface area contributed by atoms with E-state index in [1.54, 1.807) is 12.4 Å². The highest BCUT2D eigenvalue weighted by atomic mass is 15.0. The molecule has 0 bridgehead atoms. The molecule has 1 aliphatic rings. The average molecular weight is 449 g/mol. The molecule has 2 aromatic carbocycles. The van der Waals surface area contributed by atoms with Crippen LogP contribution in [0.4, 0.5) is 5.69 Å². The molecule has 1 unspecified atom stereocenters. The van der Waals surface area contributed by atoms with E-state index >= 15 is 0 Å². The summed E-state index contributed by atoms with van der Waals surface area (Å²) >= 11 is 0. The van der Waals surface area contributed by atoms with E-state index in [1.807, 2.05) is 18.5 Å². The number of nitrogens with one attached hydrogen (secondary N) is 2. The maximum atomic E-state index is 4.70. The van der Waals surface area contributed by atoms with Crippen molar-refractivity contribution >= 4 is 27.6 Å². The summed E-state index contributed by atoms with van der Waals surface area (Å²) in [6.07, 6.45) is 11.7. The molecule has 0 radical (unpaired) electrons. The van der Waals surface area contributed by atoms with Gasteiger partial charge in [0.15, 0.2) is 0 Å². The summed E-state index contributed by atoms with van der Waals surface area (Å²) in [6, 6.07) is 17.5. The van der Waals surface area contributed by atoms with Crippen LogP contribution in [0.15, 0.2) is 79.5 Å². The smallest absolute Gasteiger partial charge is 0.0966 e. The maximum absolute atomic E-state index is 4.70. The van der Waals surface area contributed by atoms with Gasteiger partial charge in [0.1, 0.15) is 0 Å².